The number of anilines is 2. The first-order valence-electron chi connectivity index (χ1n) is 9.02. The Labute approximate surface area is 165 Å². The smallest absolute Gasteiger partial charge is 0.161 e. The average molecular weight is 369 g/mol. The number of aromatic nitrogens is 2. The summed E-state index contributed by atoms with van der Waals surface area (Å²) in [4.78, 5) is 9.04. The lowest BCUT2D eigenvalue weighted by Crippen LogP contribution is -2.00. The van der Waals surface area contributed by atoms with E-state index < -0.39 is 0 Å². The van der Waals surface area contributed by atoms with Crippen LogP contribution in [0.2, 0.25) is 0 Å². The Morgan fingerprint density at radius 1 is 1.04 bits per heavy atom. The van der Waals surface area contributed by atoms with Crippen LogP contribution in [0.15, 0.2) is 60.3 Å². The maximum absolute atomic E-state index is 7.68. The molecular formula is C23H23N5. The number of allylic oxidation sites excluding steroid dienone is 1. The highest BCUT2D eigenvalue weighted by atomic mass is 15.0. The lowest BCUT2D eigenvalue weighted by molar-refractivity contribution is 1.17. The van der Waals surface area contributed by atoms with E-state index >= 15 is 0 Å². The third kappa shape index (κ3) is 4.57. The number of nitrogens with zero attached hydrogens (tertiary/aromatic N) is 2. The molecule has 0 aliphatic heterocycles. The van der Waals surface area contributed by atoms with Crippen molar-refractivity contribution in [1.29, 1.82) is 10.8 Å². The molecule has 0 radical (unpaired) electrons. The van der Waals surface area contributed by atoms with Crippen LogP contribution < -0.4 is 5.32 Å². The van der Waals surface area contributed by atoms with Crippen molar-refractivity contribution in [1.82, 2.24) is 9.97 Å². The van der Waals surface area contributed by atoms with Crippen LogP contribution in [0.1, 0.15) is 30.5 Å². The van der Waals surface area contributed by atoms with E-state index in [1.54, 1.807) is 6.20 Å². The maximum Gasteiger partial charge on any atom is 0.161 e. The molecule has 3 aromatic rings. The summed E-state index contributed by atoms with van der Waals surface area (Å²) in [6.45, 7) is 6.27. The van der Waals surface area contributed by atoms with Gasteiger partial charge in [-0.15, -0.1) is 0 Å². The molecule has 0 unspecified atom stereocenters. The zero-order valence-corrected chi connectivity index (χ0v) is 16.2. The summed E-state index contributed by atoms with van der Waals surface area (Å²) >= 11 is 0. The van der Waals surface area contributed by atoms with Gasteiger partial charge in [-0.25, -0.2) is 9.97 Å². The van der Waals surface area contributed by atoms with Crippen LogP contribution in [-0.4, -0.2) is 21.9 Å². The molecule has 140 valence electrons. The Morgan fingerprint density at radius 2 is 1.79 bits per heavy atom. The number of rotatable bonds is 6. The van der Waals surface area contributed by atoms with Crippen molar-refractivity contribution in [2.75, 3.05) is 5.32 Å². The quantitative estimate of drug-likeness (QED) is 0.492. The second-order valence-corrected chi connectivity index (χ2v) is 6.82. The lowest BCUT2D eigenvalue weighted by Gasteiger charge is -2.09. The average Bonchev–Trinajstić information content (AvgIpc) is 2.69. The van der Waals surface area contributed by atoms with Gasteiger partial charge in [0, 0.05) is 29.2 Å². The molecule has 3 rings (SSSR count). The van der Waals surface area contributed by atoms with Gasteiger partial charge in [-0.3, -0.25) is 5.41 Å². The van der Waals surface area contributed by atoms with Gasteiger partial charge in [0.15, 0.2) is 5.82 Å². The highest BCUT2D eigenvalue weighted by Crippen LogP contribution is 2.23. The molecule has 1 heterocycles. The summed E-state index contributed by atoms with van der Waals surface area (Å²) < 4.78 is 0. The normalized spacial score (nSPS) is 10.2. The van der Waals surface area contributed by atoms with E-state index in [4.69, 9.17) is 10.8 Å². The Morgan fingerprint density at radius 3 is 2.43 bits per heavy atom. The molecule has 0 fully saturated rings. The molecule has 0 amide bonds. The van der Waals surface area contributed by atoms with Gasteiger partial charge in [-0.1, -0.05) is 35.9 Å². The topological polar surface area (TPSA) is 85.5 Å². The lowest BCUT2D eigenvalue weighted by atomic mass is 10.0. The molecule has 0 saturated heterocycles. The van der Waals surface area contributed by atoms with Crippen molar-refractivity contribution in [3.63, 3.8) is 0 Å². The highest BCUT2D eigenvalue weighted by molar-refractivity contribution is 6.35. The van der Waals surface area contributed by atoms with Crippen molar-refractivity contribution in [2.45, 2.75) is 20.8 Å². The summed E-state index contributed by atoms with van der Waals surface area (Å²) in [5.74, 6) is 1.37. The number of nitrogens with one attached hydrogen (secondary N) is 3. The second-order valence-electron chi connectivity index (χ2n) is 6.82. The molecule has 0 saturated carbocycles. The van der Waals surface area contributed by atoms with E-state index in [0.717, 1.165) is 17.5 Å². The molecule has 3 N–H and O–H groups in total. The van der Waals surface area contributed by atoms with Crippen LogP contribution in [0.25, 0.3) is 17.5 Å². The van der Waals surface area contributed by atoms with E-state index in [0.29, 0.717) is 17.2 Å². The molecule has 2 aromatic carbocycles. The molecule has 0 atom stereocenters. The Bertz CT molecular complexity index is 1040. The van der Waals surface area contributed by atoms with Crippen LogP contribution >= 0.6 is 0 Å². The van der Waals surface area contributed by atoms with Gasteiger partial charge in [-0.2, -0.15) is 0 Å². The Hall–Kier alpha value is -3.60. The molecule has 0 spiro atoms. The summed E-state index contributed by atoms with van der Waals surface area (Å²) in [6.07, 6.45) is 4.94. The molecule has 5 heteroatoms. The molecule has 5 nitrogen and oxygen atoms in total. The second kappa shape index (κ2) is 8.39. The fourth-order valence-electron chi connectivity index (χ4n) is 2.82. The van der Waals surface area contributed by atoms with Crippen molar-refractivity contribution < 1.29 is 0 Å². The first-order valence-corrected chi connectivity index (χ1v) is 9.02. The van der Waals surface area contributed by atoms with E-state index in [2.05, 4.69) is 54.3 Å². The maximum atomic E-state index is 7.68. The number of hydrogen-bond donors (Lipinski definition) is 3. The fraction of sp³-hybridized carbons (Fsp3) is 0.130. The minimum atomic E-state index is 0.183. The molecule has 0 aliphatic carbocycles. The molecule has 0 aliphatic rings. The predicted octanol–water partition coefficient (Wildman–Crippen LogP) is 5.64. The summed E-state index contributed by atoms with van der Waals surface area (Å²) in [5.41, 5.74) is 6.38. The first-order chi connectivity index (χ1) is 13.5. The number of aryl methyl sites for hydroxylation is 1. The third-order valence-corrected chi connectivity index (χ3v) is 4.24. The molecule has 0 bridgehead atoms. The van der Waals surface area contributed by atoms with Crippen molar-refractivity contribution in [2.24, 2.45) is 0 Å². The van der Waals surface area contributed by atoms with E-state index in [9.17, 15) is 0 Å². The van der Waals surface area contributed by atoms with Gasteiger partial charge in [0.25, 0.3) is 0 Å². The van der Waals surface area contributed by atoms with Crippen molar-refractivity contribution in [3.05, 3.63) is 77.0 Å². The predicted molar refractivity (Wildman–Crippen MR) is 117 cm³/mol. The first kappa shape index (κ1) is 19.2. The fourth-order valence-corrected chi connectivity index (χ4v) is 2.82. The highest BCUT2D eigenvalue weighted by Gasteiger charge is 2.06. The minimum Gasteiger partial charge on any atom is -0.340 e. The van der Waals surface area contributed by atoms with E-state index in [1.807, 2.05) is 36.4 Å². The van der Waals surface area contributed by atoms with Gasteiger partial charge < -0.3 is 10.7 Å². The van der Waals surface area contributed by atoms with Gasteiger partial charge >= 0.3 is 0 Å². The molecular weight excluding hydrogens is 346 g/mol. The Kier molecular flexibility index (Phi) is 5.75. The van der Waals surface area contributed by atoms with Crippen LogP contribution in [-0.2, 0) is 0 Å². The summed E-state index contributed by atoms with van der Waals surface area (Å²) in [7, 11) is 0. The minimum absolute atomic E-state index is 0.183. The van der Waals surface area contributed by atoms with Gasteiger partial charge in [0.05, 0.1) is 5.71 Å². The number of hydrogen-bond acceptors (Lipinski definition) is 5. The standard InChI is InChI=1S/C23H23N5/c1-15(2)12-18-4-5-19(13-16(18)3)23-26-11-10-22(28-23)27-20-8-6-17(7-9-20)21(25)14-24/h4-14,24-25H,1-3H3,(H,26,27,28). The Balaban J connectivity index is 1.82. The largest absolute Gasteiger partial charge is 0.340 e. The molecule has 1 aromatic heterocycles. The summed E-state index contributed by atoms with van der Waals surface area (Å²) in [6, 6.07) is 15.4. The van der Waals surface area contributed by atoms with Crippen LogP contribution in [0.3, 0.4) is 0 Å². The van der Waals surface area contributed by atoms with Crippen molar-refractivity contribution in [3.8, 4) is 11.4 Å². The van der Waals surface area contributed by atoms with E-state index in [1.165, 1.54) is 16.7 Å². The van der Waals surface area contributed by atoms with Crippen molar-refractivity contribution >= 4 is 29.5 Å². The third-order valence-electron chi connectivity index (χ3n) is 4.24. The molecule has 28 heavy (non-hydrogen) atoms. The van der Waals surface area contributed by atoms with E-state index in [-0.39, 0.29) is 5.71 Å². The zero-order valence-electron chi connectivity index (χ0n) is 16.2. The van der Waals surface area contributed by atoms with Gasteiger partial charge in [0.1, 0.15) is 5.82 Å². The number of benzene rings is 2. The zero-order chi connectivity index (χ0) is 20.1. The summed E-state index contributed by atoms with van der Waals surface area (Å²) in [5, 5.41) is 18.1. The van der Waals surface area contributed by atoms with Gasteiger partial charge in [-0.05, 0) is 56.2 Å². The van der Waals surface area contributed by atoms with Crippen LogP contribution in [0.4, 0.5) is 11.5 Å². The SMILES string of the molecule is CC(C)=Cc1ccc(-c2nccc(Nc3ccc(C(=N)C=N)cc3)n2)cc1C. The van der Waals surface area contributed by atoms with Crippen LogP contribution in [0, 0.1) is 17.7 Å². The van der Waals surface area contributed by atoms with Gasteiger partial charge in [0.2, 0.25) is 0 Å². The van der Waals surface area contributed by atoms with Crippen LogP contribution in [0.5, 0.6) is 0 Å². The monoisotopic (exact) mass is 369 g/mol.